The van der Waals surface area contributed by atoms with Crippen LogP contribution in [-0.2, 0) is 0 Å². The molecular weight excluding hydrogens is 168 g/mol. The molecule has 0 atom stereocenters. The molecule has 0 aliphatic heterocycles. The number of rotatable bonds is 1. The molecule has 74 valence electrons. The molecule has 0 radical (unpaired) electrons. The first-order valence-corrected chi connectivity index (χ1v) is 5.24. The molecular formula is C14H18. The van der Waals surface area contributed by atoms with Gasteiger partial charge in [0.05, 0.1) is 0 Å². The Morgan fingerprint density at radius 2 is 1.36 bits per heavy atom. The molecule has 0 heterocycles. The van der Waals surface area contributed by atoms with Crippen LogP contribution in [0.1, 0.15) is 33.3 Å². The fourth-order valence-corrected chi connectivity index (χ4v) is 2.15. The lowest BCUT2D eigenvalue weighted by Gasteiger charge is -2.02. The van der Waals surface area contributed by atoms with Crippen molar-refractivity contribution in [2.24, 2.45) is 10.8 Å². The number of allylic oxidation sites excluding steroid dienone is 1. The van der Waals surface area contributed by atoms with Gasteiger partial charge in [-0.3, -0.25) is 0 Å². The molecule has 1 aromatic rings. The largest absolute Gasteiger partial charge is 0.0622 e. The highest BCUT2D eigenvalue weighted by Crippen LogP contribution is 2.68. The first-order chi connectivity index (χ1) is 6.46. The molecule has 1 aromatic carbocycles. The fraction of sp³-hybridized carbons (Fsp3) is 0.429. The Kier molecular flexibility index (Phi) is 1.85. The van der Waals surface area contributed by atoms with E-state index in [1.165, 1.54) is 5.56 Å². The van der Waals surface area contributed by atoms with E-state index in [1.54, 1.807) is 5.57 Å². The fourth-order valence-electron chi connectivity index (χ4n) is 2.15. The summed E-state index contributed by atoms with van der Waals surface area (Å²) in [7, 11) is 0. The second-order valence-corrected chi connectivity index (χ2v) is 5.22. The summed E-state index contributed by atoms with van der Waals surface area (Å²) < 4.78 is 0. The van der Waals surface area contributed by atoms with Crippen LogP contribution >= 0.6 is 0 Å². The molecule has 0 nitrogen and oxygen atoms in total. The Hall–Kier alpha value is -1.04. The van der Waals surface area contributed by atoms with Gasteiger partial charge in [-0.2, -0.15) is 0 Å². The smallest absolute Gasteiger partial charge is 0.00471 e. The minimum absolute atomic E-state index is 0.378. The highest BCUT2D eigenvalue weighted by atomic mass is 14.6. The Labute approximate surface area is 86.7 Å². The van der Waals surface area contributed by atoms with Gasteiger partial charge in [0.15, 0.2) is 0 Å². The SMILES string of the molecule is CC1(C)C(=Cc2ccccc2)C1(C)C. The van der Waals surface area contributed by atoms with E-state index in [0.29, 0.717) is 10.8 Å². The lowest BCUT2D eigenvalue weighted by atomic mass is 10.0. The van der Waals surface area contributed by atoms with Crippen LogP contribution in [0.3, 0.4) is 0 Å². The molecule has 0 unspecified atom stereocenters. The monoisotopic (exact) mass is 186 g/mol. The predicted octanol–water partition coefficient (Wildman–Crippen LogP) is 4.14. The van der Waals surface area contributed by atoms with E-state index in [2.05, 4.69) is 64.1 Å². The summed E-state index contributed by atoms with van der Waals surface area (Å²) in [6, 6.07) is 10.6. The van der Waals surface area contributed by atoms with E-state index in [0.717, 1.165) is 0 Å². The van der Waals surface area contributed by atoms with Crippen LogP contribution in [0.4, 0.5) is 0 Å². The standard InChI is InChI=1S/C14H18/c1-13(2)12(14(13,3)4)10-11-8-6-5-7-9-11/h5-10H,1-4H3. The van der Waals surface area contributed by atoms with E-state index in [4.69, 9.17) is 0 Å². The Morgan fingerprint density at radius 1 is 0.857 bits per heavy atom. The van der Waals surface area contributed by atoms with Crippen molar-refractivity contribution in [2.45, 2.75) is 27.7 Å². The zero-order chi connectivity index (χ0) is 10.4. The molecule has 0 bridgehead atoms. The van der Waals surface area contributed by atoms with Gasteiger partial charge in [0, 0.05) is 0 Å². The van der Waals surface area contributed by atoms with Gasteiger partial charge in [-0.15, -0.1) is 0 Å². The molecule has 14 heavy (non-hydrogen) atoms. The molecule has 0 aromatic heterocycles. The summed E-state index contributed by atoms with van der Waals surface area (Å²) in [5, 5.41) is 0. The summed E-state index contributed by atoms with van der Waals surface area (Å²) in [6.07, 6.45) is 2.33. The first-order valence-electron chi connectivity index (χ1n) is 5.24. The van der Waals surface area contributed by atoms with Gasteiger partial charge in [0.25, 0.3) is 0 Å². The minimum atomic E-state index is 0.378. The zero-order valence-electron chi connectivity index (χ0n) is 9.46. The molecule has 1 fully saturated rings. The van der Waals surface area contributed by atoms with E-state index >= 15 is 0 Å². The molecule has 2 rings (SSSR count). The van der Waals surface area contributed by atoms with E-state index < -0.39 is 0 Å². The van der Waals surface area contributed by atoms with Gasteiger partial charge >= 0.3 is 0 Å². The lowest BCUT2D eigenvalue weighted by molar-refractivity contribution is 0.457. The molecule has 1 aliphatic carbocycles. The average molecular weight is 186 g/mol. The summed E-state index contributed by atoms with van der Waals surface area (Å²) >= 11 is 0. The Balaban J connectivity index is 2.32. The Bertz CT molecular complexity index is 350. The predicted molar refractivity (Wildman–Crippen MR) is 62.0 cm³/mol. The molecule has 0 amide bonds. The molecule has 0 heteroatoms. The van der Waals surface area contributed by atoms with Crippen molar-refractivity contribution in [2.75, 3.05) is 0 Å². The number of benzene rings is 1. The van der Waals surface area contributed by atoms with Gasteiger partial charge in [0.1, 0.15) is 0 Å². The van der Waals surface area contributed by atoms with Crippen LogP contribution in [0.2, 0.25) is 0 Å². The minimum Gasteiger partial charge on any atom is -0.0622 e. The van der Waals surface area contributed by atoms with Crippen molar-refractivity contribution < 1.29 is 0 Å². The maximum atomic E-state index is 2.33. The topological polar surface area (TPSA) is 0 Å². The zero-order valence-corrected chi connectivity index (χ0v) is 9.46. The van der Waals surface area contributed by atoms with Crippen molar-refractivity contribution in [3.63, 3.8) is 0 Å². The van der Waals surface area contributed by atoms with Crippen LogP contribution in [0.15, 0.2) is 35.9 Å². The second-order valence-electron chi connectivity index (χ2n) is 5.22. The van der Waals surface area contributed by atoms with Crippen LogP contribution in [0.25, 0.3) is 6.08 Å². The lowest BCUT2D eigenvalue weighted by Crippen LogP contribution is -1.95. The maximum Gasteiger partial charge on any atom is -0.00471 e. The van der Waals surface area contributed by atoms with Gasteiger partial charge in [0.2, 0.25) is 0 Å². The van der Waals surface area contributed by atoms with Crippen LogP contribution in [0, 0.1) is 10.8 Å². The van der Waals surface area contributed by atoms with Crippen molar-refractivity contribution in [3.8, 4) is 0 Å². The first kappa shape index (κ1) is 9.51. The quantitative estimate of drug-likeness (QED) is 0.618. The van der Waals surface area contributed by atoms with Crippen LogP contribution in [-0.4, -0.2) is 0 Å². The average Bonchev–Trinajstić information content (AvgIpc) is 2.50. The van der Waals surface area contributed by atoms with Gasteiger partial charge in [-0.1, -0.05) is 69.7 Å². The van der Waals surface area contributed by atoms with E-state index in [1.807, 2.05) is 0 Å². The third-order valence-electron chi connectivity index (χ3n) is 3.96. The maximum absolute atomic E-state index is 2.33. The van der Waals surface area contributed by atoms with E-state index in [-0.39, 0.29) is 0 Å². The van der Waals surface area contributed by atoms with Crippen LogP contribution < -0.4 is 0 Å². The second kappa shape index (κ2) is 2.73. The van der Waals surface area contributed by atoms with Gasteiger partial charge < -0.3 is 0 Å². The van der Waals surface area contributed by atoms with Crippen molar-refractivity contribution >= 4 is 6.08 Å². The normalized spacial score (nSPS) is 21.9. The number of hydrogen-bond acceptors (Lipinski definition) is 0. The highest BCUT2D eigenvalue weighted by Gasteiger charge is 2.59. The van der Waals surface area contributed by atoms with Crippen molar-refractivity contribution in [3.05, 3.63) is 41.5 Å². The number of hydrogen-bond donors (Lipinski definition) is 0. The molecule has 1 aliphatic rings. The summed E-state index contributed by atoms with van der Waals surface area (Å²) in [4.78, 5) is 0. The molecule has 0 spiro atoms. The molecule has 0 saturated heterocycles. The Morgan fingerprint density at radius 3 is 1.79 bits per heavy atom. The van der Waals surface area contributed by atoms with Crippen molar-refractivity contribution in [1.29, 1.82) is 0 Å². The van der Waals surface area contributed by atoms with Crippen LogP contribution in [0.5, 0.6) is 0 Å². The highest BCUT2D eigenvalue weighted by molar-refractivity contribution is 5.63. The third kappa shape index (κ3) is 1.21. The summed E-state index contributed by atoms with van der Waals surface area (Å²) in [5.41, 5.74) is 3.64. The summed E-state index contributed by atoms with van der Waals surface area (Å²) in [6.45, 7) is 9.28. The van der Waals surface area contributed by atoms with Crippen molar-refractivity contribution in [1.82, 2.24) is 0 Å². The van der Waals surface area contributed by atoms with Gasteiger partial charge in [-0.25, -0.2) is 0 Å². The molecule has 1 saturated carbocycles. The third-order valence-corrected chi connectivity index (χ3v) is 3.96. The van der Waals surface area contributed by atoms with E-state index in [9.17, 15) is 0 Å². The molecule has 0 N–H and O–H groups in total. The van der Waals surface area contributed by atoms with Gasteiger partial charge in [-0.05, 0) is 16.4 Å². The summed E-state index contributed by atoms with van der Waals surface area (Å²) in [5.74, 6) is 0.